The molecule has 0 fully saturated rings. The summed E-state index contributed by atoms with van der Waals surface area (Å²) in [7, 11) is 0. The largest absolute Gasteiger partial charge is 0.326 e. The summed E-state index contributed by atoms with van der Waals surface area (Å²) in [4.78, 5) is 26.5. The first-order valence-corrected chi connectivity index (χ1v) is 6.70. The van der Waals surface area contributed by atoms with Gasteiger partial charge in [0.1, 0.15) is 0 Å². The first-order valence-electron chi connectivity index (χ1n) is 6.70. The number of nitro groups is 1. The molecule has 0 bridgehead atoms. The molecule has 0 aliphatic carbocycles. The number of rotatable bonds is 5. The molecular formula is C15H16N4O3. The maximum Gasteiger partial charge on any atom is 0.311 e. The van der Waals surface area contributed by atoms with E-state index in [0.29, 0.717) is 12.2 Å². The molecule has 0 aliphatic rings. The summed E-state index contributed by atoms with van der Waals surface area (Å²) in [5.41, 5.74) is 7.64. The summed E-state index contributed by atoms with van der Waals surface area (Å²) in [6.07, 6.45) is 0.0835. The predicted octanol–water partition coefficient (Wildman–Crippen LogP) is 1.94. The van der Waals surface area contributed by atoms with E-state index in [-0.39, 0.29) is 23.8 Å². The number of hydrogen-bond donors (Lipinski definition) is 2. The Hall–Kier alpha value is -2.80. The second-order valence-electron chi connectivity index (χ2n) is 4.78. The molecule has 0 saturated heterocycles. The smallest absolute Gasteiger partial charge is 0.311 e. The zero-order chi connectivity index (χ0) is 16.1. The van der Waals surface area contributed by atoms with Crippen LogP contribution in [0.25, 0.3) is 0 Å². The van der Waals surface area contributed by atoms with Gasteiger partial charge in [-0.15, -0.1) is 0 Å². The van der Waals surface area contributed by atoms with Gasteiger partial charge in [0, 0.05) is 18.3 Å². The van der Waals surface area contributed by atoms with Gasteiger partial charge >= 0.3 is 5.69 Å². The molecule has 0 atom stereocenters. The number of nitrogens with zero attached hydrogens (tertiary/aromatic N) is 2. The molecule has 2 rings (SSSR count). The number of benzene rings is 1. The van der Waals surface area contributed by atoms with Gasteiger partial charge in [0.05, 0.1) is 11.3 Å². The van der Waals surface area contributed by atoms with Gasteiger partial charge in [-0.25, -0.2) is 4.98 Å². The van der Waals surface area contributed by atoms with Gasteiger partial charge in [-0.2, -0.15) is 0 Å². The summed E-state index contributed by atoms with van der Waals surface area (Å²) in [6, 6.07) is 10.2. The normalized spacial score (nSPS) is 10.3. The topological polar surface area (TPSA) is 111 Å². The van der Waals surface area contributed by atoms with Crippen molar-refractivity contribution in [3.05, 3.63) is 63.3 Å². The van der Waals surface area contributed by atoms with Crippen molar-refractivity contribution in [2.75, 3.05) is 5.32 Å². The van der Waals surface area contributed by atoms with Gasteiger partial charge < -0.3 is 11.1 Å². The van der Waals surface area contributed by atoms with Crippen LogP contribution in [-0.2, 0) is 17.8 Å². The van der Waals surface area contributed by atoms with E-state index in [1.165, 1.54) is 12.1 Å². The average Bonchev–Trinajstić information content (AvgIpc) is 2.47. The number of pyridine rings is 1. The summed E-state index contributed by atoms with van der Waals surface area (Å²) in [5.74, 6) is -0.415. The van der Waals surface area contributed by atoms with Crippen molar-refractivity contribution in [3.8, 4) is 0 Å². The van der Waals surface area contributed by atoms with E-state index in [4.69, 9.17) is 5.73 Å². The van der Waals surface area contributed by atoms with Crippen molar-refractivity contribution in [1.29, 1.82) is 0 Å². The first-order chi connectivity index (χ1) is 10.5. The second kappa shape index (κ2) is 6.77. The van der Waals surface area contributed by atoms with Gasteiger partial charge in [0.2, 0.25) is 11.7 Å². The van der Waals surface area contributed by atoms with Crippen molar-refractivity contribution < 1.29 is 9.72 Å². The number of hydrogen-bond acceptors (Lipinski definition) is 5. The number of nitrogens with one attached hydrogen (secondary N) is 1. The molecule has 1 heterocycles. The number of amides is 1. The minimum atomic E-state index is -0.574. The molecule has 22 heavy (non-hydrogen) atoms. The Labute approximate surface area is 127 Å². The summed E-state index contributed by atoms with van der Waals surface area (Å²) in [6.45, 7) is 2.02. The summed E-state index contributed by atoms with van der Waals surface area (Å²) >= 11 is 0. The maximum atomic E-state index is 12.1. The third-order valence-electron chi connectivity index (χ3n) is 3.16. The number of nitrogens with two attached hydrogens (primary N) is 1. The van der Waals surface area contributed by atoms with Crippen molar-refractivity contribution in [2.45, 2.75) is 19.9 Å². The predicted molar refractivity (Wildman–Crippen MR) is 82.3 cm³/mol. The Morgan fingerprint density at radius 1 is 1.27 bits per heavy atom. The summed E-state index contributed by atoms with van der Waals surface area (Å²) < 4.78 is 0. The Kier molecular flexibility index (Phi) is 4.80. The Bertz CT molecular complexity index is 716. The highest BCUT2D eigenvalue weighted by molar-refractivity contribution is 5.93. The molecule has 3 N–H and O–H groups in total. The van der Waals surface area contributed by atoms with Crippen LogP contribution < -0.4 is 11.1 Å². The monoisotopic (exact) mass is 300 g/mol. The molecule has 1 aromatic heterocycles. The highest BCUT2D eigenvalue weighted by atomic mass is 16.6. The van der Waals surface area contributed by atoms with E-state index >= 15 is 0 Å². The fourth-order valence-corrected chi connectivity index (χ4v) is 2.07. The van der Waals surface area contributed by atoms with Crippen LogP contribution in [0.5, 0.6) is 0 Å². The number of aryl methyl sites for hydroxylation is 1. The van der Waals surface area contributed by atoms with E-state index < -0.39 is 4.92 Å². The van der Waals surface area contributed by atoms with Crippen molar-refractivity contribution in [3.63, 3.8) is 0 Å². The van der Waals surface area contributed by atoms with Crippen LogP contribution in [0.2, 0.25) is 0 Å². The minimum Gasteiger partial charge on any atom is -0.326 e. The van der Waals surface area contributed by atoms with Crippen LogP contribution in [0.15, 0.2) is 36.4 Å². The zero-order valence-electron chi connectivity index (χ0n) is 12.1. The van der Waals surface area contributed by atoms with Crippen LogP contribution in [0.1, 0.15) is 16.8 Å². The molecule has 7 heteroatoms. The molecule has 0 saturated carbocycles. The van der Waals surface area contributed by atoms with Crippen molar-refractivity contribution in [1.82, 2.24) is 4.98 Å². The van der Waals surface area contributed by atoms with Crippen LogP contribution in [0.3, 0.4) is 0 Å². The van der Waals surface area contributed by atoms with Crippen LogP contribution in [0, 0.1) is 17.0 Å². The second-order valence-corrected chi connectivity index (χ2v) is 4.78. The molecule has 0 radical (unpaired) electrons. The molecule has 0 aliphatic heterocycles. The standard InChI is InChI=1S/C15H16N4O3/c1-10-6-7-13(19(21)22)15(17-10)18-14(20)8-11-4-2-3-5-12(11)9-16/h2-7H,8-9,16H2,1H3,(H,17,18,20). The minimum absolute atomic E-state index is 0.0415. The van der Waals surface area contributed by atoms with E-state index in [1.807, 2.05) is 18.2 Å². The Morgan fingerprint density at radius 3 is 2.59 bits per heavy atom. The lowest BCUT2D eigenvalue weighted by Crippen LogP contribution is -2.18. The van der Waals surface area contributed by atoms with Crippen molar-refractivity contribution in [2.24, 2.45) is 5.73 Å². The molecule has 1 amide bonds. The third kappa shape index (κ3) is 3.64. The van der Waals surface area contributed by atoms with Gasteiger partial charge in [-0.05, 0) is 24.1 Å². The van der Waals surface area contributed by atoms with Crippen LogP contribution >= 0.6 is 0 Å². The number of carbonyl (C=O) groups excluding carboxylic acids is 1. The van der Waals surface area contributed by atoms with Gasteiger partial charge in [-0.3, -0.25) is 14.9 Å². The van der Waals surface area contributed by atoms with Crippen LogP contribution in [-0.4, -0.2) is 15.8 Å². The quantitative estimate of drug-likeness (QED) is 0.647. The lowest BCUT2D eigenvalue weighted by Gasteiger charge is -2.08. The van der Waals surface area contributed by atoms with Gasteiger partial charge in [-0.1, -0.05) is 24.3 Å². The lowest BCUT2D eigenvalue weighted by atomic mass is 10.0. The number of carbonyl (C=O) groups is 1. The van der Waals surface area contributed by atoms with E-state index in [0.717, 1.165) is 11.1 Å². The molecule has 114 valence electrons. The lowest BCUT2D eigenvalue weighted by molar-refractivity contribution is -0.384. The molecule has 2 aromatic rings. The summed E-state index contributed by atoms with van der Waals surface area (Å²) in [5, 5.41) is 13.5. The third-order valence-corrected chi connectivity index (χ3v) is 3.16. The Morgan fingerprint density at radius 2 is 1.95 bits per heavy atom. The fourth-order valence-electron chi connectivity index (χ4n) is 2.07. The molecular weight excluding hydrogens is 284 g/mol. The van der Waals surface area contributed by atoms with Crippen molar-refractivity contribution >= 4 is 17.4 Å². The van der Waals surface area contributed by atoms with Gasteiger partial charge in [0.15, 0.2) is 0 Å². The molecule has 1 aromatic carbocycles. The van der Waals surface area contributed by atoms with E-state index in [9.17, 15) is 14.9 Å². The highest BCUT2D eigenvalue weighted by Gasteiger charge is 2.18. The number of aromatic nitrogens is 1. The van der Waals surface area contributed by atoms with E-state index in [2.05, 4.69) is 10.3 Å². The highest BCUT2D eigenvalue weighted by Crippen LogP contribution is 2.22. The van der Waals surface area contributed by atoms with Crippen LogP contribution in [0.4, 0.5) is 11.5 Å². The first kappa shape index (κ1) is 15.6. The molecule has 0 unspecified atom stereocenters. The Balaban J connectivity index is 2.19. The molecule has 0 spiro atoms. The average molecular weight is 300 g/mol. The molecule has 7 nitrogen and oxygen atoms in total. The number of anilines is 1. The fraction of sp³-hybridized carbons (Fsp3) is 0.200. The van der Waals surface area contributed by atoms with E-state index in [1.54, 1.807) is 13.0 Å². The SMILES string of the molecule is Cc1ccc([N+](=O)[O-])c(NC(=O)Cc2ccccc2CN)n1. The zero-order valence-corrected chi connectivity index (χ0v) is 12.1. The van der Waals surface area contributed by atoms with Gasteiger partial charge in [0.25, 0.3) is 0 Å². The maximum absolute atomic E-state index is 12.1.